The molecule has 0 bridgehead atoms. The molecular formula is C20H22ClN3O3. The first-order valence-corrected chi connectivity index (χ1v) is 9.14. The highest BCUT2D eigenvalue weighted by Crippen LogP contribution is 2.30. The van der Waals surface area contributed by atoms with Crippen molar-refractivity contribution in [2.75, 3.05) is 50.1 Å². The molecule has 1 amide bonds. The summed E-state index contributed by atoms with van der Waals surface area (Å²) in [6.45, 7) is 3.48. The van der Waals surface area contributed by atoms with E-state index >= 15 is 0 Å². The first kappa shape index (κ1) is 19.2. The lowest BCUT2D eigenvalue weighted by atomic mass is 10.2. The van der Waals surface area contributed by atoms with Gasteiger partial charge < -0.3 is 19.9 Å². The lowest BCUT2D eigenvalue weighted by Gasteiger charge is -2.35. The molecular weight excluding hydrogens is 366 g/mol. The summed E-state index contributed by atoms with van der Waals surface area (Å²) in [4.78, 5) is 27.9. The summed E-state index contributed by atoms with van der Waals surface area (Å²) in [5, 5.41) is 3.43. The molecule has 0 spiro atoms. The molecule has 0 radical (unpaired) electrons. The maximum atomic E-state index is 12.4. The Kier molecular flexibility index (Phi) is 6.32. The molecule has 0 unspecified atom stereocenters. The van der Waals surface area contributed by atoms with E-state index in [4.69, 9.17) is 16.3 Å². The molecule has 1 aliphatic heterocycles. The van der Waals surface area contributed by atoms with E-state index in [1.807, 2.05) is 12.1 Å². The van der Waals surface area contributed by atoms with E-state index in [1.54, 1.807) is 30.3 Å². The van der Waals surface area contributed by atoms with Crippen molar-refractivity contribution < 1.29 is 14.3 Å². The van der Waals surface area contributed by atoms with Crippen molar-refractivity contribution in [1.82, 2.24) is 4.90 Å². The van der Waals surface area contributed by atoms with Gasteiger partial charge in [0.25, 0.3) is 5.91 Å². The zero-order valence-corrected chi connectivity index (χ0v) is 15.9. The number of piperazine rings is 1. The molecule has 3 rings (SSSR count). The second kappa shape index (κ2) is 8.88. The number of nitrogens with zero attached hydrogens (tertiary/aromatic N) is 2. The third kappa shape index (κ3) is 4.99. The van der Waals surface area contributed by atoms with E-state index in [0.29, 0.717) is 28.3 Å². The maximum absolute atomic E-state index is 12.4. The molecule has 7 heteroatoms. The van der Waals surface area contributed by atoms with E-state index in [9.17, 15) is 9.59 Å². The Hall–Kier alpha value is -2.57. The molecule has 0 aromatic heterocycles. The number of hydrogen-bond donors (Lipinski definition) is 1. The van der Waals surface area contributed by atoms with Crippen molar-refractivity contribution in [2.45, 2.75) is 0 Å². The zero-order chi connectivity index (χ0) is 19.2. The van der Waals surface area contributed by atoms with E-state index in [0.717, 1.165) is 31.9 Å². The van der Waals surface area contributed by atoms with Crippen molar-refractivity contribution >= 4 is 35.2 Å². The SMILES string of the molecule is CN1CCN(c2ccc(Cl)cc2NC(=O)COc2ccccc2C=O)CC1. The summed E-state index contributed by atoms with van der Waals surface area (Å²) >= 11 is 6.13. The molecule has 0 atom stereocenters. The molecule has 2 aromatic carbocycles. The summed E-state index contributed by atoms with van der Waals surface area (Å²) in [6.07, 6.45) is 0.704. The third-order valence-corrected chi connectivity index (χ3v) is 4.72. The van der Waals surface area contributed by atoms with Gasteiger partial charge in [-0.3, -0.25) is 9.59 Å². The molecule has 2 aromatic rings. The number of para-hydroxylation sites is 1. The second-order valence-corrected chi connectivity index (χ2v) is 6.88. The number of benzene rings is 2. The normalized spacial score (nSPS) is 14.7. The van der Waals surface area contributed by atoms with Gasteiger partial charge in [0.15, 0.2) is 12.9 Å². The predicted molar refractivity (Wildman–Crippen MR) is 107 cm³/mol. The Labute approximate surface area is 163 Å². The lowest BCUT2D eigenvalue weighted by molar-refractivity contribution is -0.118. The van der Waals surface area contributed by atoms with Crippen LogP contribution >= 0.6 is 11.6 Å². The minimum absolute atomic E-state index is 0.195. The van der Waals surface area contributed by atoms with Gasteiger partial charge in [0.2, 0.25) is 0 Å². The monoisotopic (exact) mass is 387 g/mol. The van der Waals surface area contributed by atoms with Crippen molar-refractivity contribution in [3.63, 3.8) is 0 Å². The number of nitrogens with one attached hydrogen (secondary N) is 1. The molecule has 1 N–H and O–H groups in total. The Bertz CT molecular complexity index is 820. The maximum Gasteiger partial charge on any atom is 0.262 e. The van der Waals surface area contributed by atoms with Gasteiger partial charge in [0, 0.05) is 31.2 Å². The Morgan fingerprint density at radius 1 is 1.19 bits per heavy atom. The number of carbonyl (C=O) groups excluding carboxylic acids is 2. The van der Waals surface area contributed by atoms with Gasteiger partial charge in [-0.2, -0.15) is 0 Å². The number of rotatable bonds is 6. The van der Waals surface area contributed by atoms with Crippen LogP contribution in [-0.2, 0) is 4.79 Å². The van der Waals surface area contributed by atoms with E-state index in [-0.39, 0.29) is 12.5 Å². The highest BCUT2D eigenvalue weighted by molar-refractivity contribution is 6.31. The van der Waals surface area contributed by atoms with Gasteiger partial charge >= 0.3 is 0 Å². The summed E-state index contributed by atoms with van der Waals surface area (Å²) < 4.78 is 5.50. The van der Waals surface area contributed by atoms with E-state index < -0.39 is 0 Å². The third-order valence-electron chi connectivity index (χ3n) is 4.48. The van der Waals surface area contributed by atoms with Gasteiger partial charge in [-0.05, 0) is 37.4 Å². The number of halogens is 1. The van der Waals surface area contributed by atoms with E-state index in [2.05, 4.69) is 22.2 Å². The largest absolute Gasteiger partial charge is 0.483 e. The Balaban J connectivity index is 1.68. The van der Waals surface area contributed by atoms with Gasteiger partial charge in [-0.25, -0.2) is 0 Å². The van der Waals surface area contributed by atoms with Crippen molar-refractivity contribution in [3.05, 3.63) is 53.1 Å². The first-order valence-electron chi connectivity index (χ1n) is 8.76. The second-order valence-electron chi connectivity index (χ2n) is 6.44. The minimum atomic E-state index is -0.312. The smallest absolute Gasteiger partial charge is 0.262 e. The van der Waals surface area contributed by atoms with Crippen LogP contribution in [-0.4, -0.2) is 56.9 Å². The van der Waals surface area contributed by atoms with Crippen LogP contribution in [0, 0.1) is 0 Å². The number of ether oxygens (including phenoxy) is 1. The van der Waals surface area contributed by atoms with Crippen LogP contribution in [0.1, 0.15) is 10.4 Å². The lowest BCUT2D eigenvalue weighted by Crippen LogP contribution is -2.44. The number of aldehydes is 1. The molecule has 1 fully saturated rings. The van der Waals surface area contributed by atoms with Crippen LogP contribution in [0.5, 0.6) is 5.75 Å². The molecule has 1 saturated heterocycles. The van der Waals surface area contributed by atoms with Crippen molar-refractivity contribution in [2.24, 2.45) is 0 Å². The summed E-state index contributed by atoms with van der Waals surface area (Å²) in [5.74, 6) is 0.0707. The standard InChI is InChI=1S/C20H22ClN3O3/c1-23-8-10-24(11-9-23)18-7-6-16(21)12-17(18)22-20(26)14-27-19-5-3-2-4-15(19)13-25/h2-7,12-13H,8-11,14H2,1H3,(H,22,26). The van der Waals surface area contributed by atoms with E-state index in [1.165, 1.54) is 0 Å². The minimum Gasteiger partial charge on any atom is -0.483 e. The van der Waals surface area contributed by atoms with Crippen LogP contribution < -0.4 is 15.0 Å². The average Bonchev–Trinajstić information content (AvgIpc) is 2.67. The van der Waals surface area contributed by atoms with Gasteiger partial charge in [-0.15, -0.1) is 0 Å². The highest BCUT2D eigenvalue weighted by atomic mass is 35.5. The molecule has 1 aliphatic rings. The Morgan fingerprint density at radius 3 is 2.67 bits per heavy atom. The number of carbonyl (C=O) groups is 2. The van der Waals surface area contributed by atoms with Crippen molar-refractivity contribution in [3.8, 4) is 5.75 Å². The van der Waals surface area contributed by atoms with Crippen LogP contribution in [0.15, 0.2) is 42.5 Å². The van der Waals surface area contributed by atoms with Gasteiger partial charge in [0.05, 0.1) is 16.9 Å². The fourth-order valence-corrected chi connectivity index (χ4v) is 3.14. The van der Waals surface area contributed by atoms with Crippen LogP contribution in [0.2, 0.25) is 5.02 Å². The number of amides is 1. The molecule has 1 heterocycles. The van der Waals surface area contributed by atoms with Crippen LogP contribution in [0.3, 0.4) is 0 Å². The molecule has 0 aliphatic carbocycles. The topological polar surface area (TPSA) is 61.9 Å². The summed E-state index contributed by atoms with van der Waals surface area (Å²) in [6, 6.07) is 12.3. The van der Waals surface area contributed by atoms with Crippen molar-refractivity contribution in [1.29, 1.82) is 0 Å². The van der Waals surface area contributed by atoms with Crippen LogP contribution in [0.25, 0.3) is 0 Å². The van der Waals surface area contributed by atoms with Gasteiger partial charge in [-0.1, -0.05) is 23.7 Å². The predicted octanol–water partition coefficient (Wildman–Crippen LogP) is 2.92. The molecule has 6 nitrogen and oxygen atoms in total. The van der Waals surface area contributed by atoms with Gasteiger partial charge in [0.1, 0.15) is 5.75 Å². The highest BCUT2D eigenvalue weighted by Gasteiger charge is 2.18. The fraction of sp³-hybridized carbons (Fsp3) is 0.300. The average molecular weight is 388 g/mol. The first-order chi connectivity index (χ1) is 13.1. The molecule has 0 saturated carbocycles. The van der Waals surface area contributed by atoms with Crippen LogP contribution in [0.4, 0.5) is 11.4 Å². The molecule has 142 valence electrons. The summed E-state index contributed by atoms with van der Waals surface area (Å²) in [5.41, 5.74) is 2.00. The number of likely N-dealkylation sites (N-methyl/N-ethyl adjacent to an activating group) is 1. The number of hydrogen-bond acceptors (Lipinski definition) is 5. The molecule has 27 heavy (non-hydrogen) atoms. The quantitative estimate of drug-likeness (QED) is 0.772. The summed E-state index contributed by atoms with van der Waals surface area (Å²) in [7, 11) is 2.09. The zero-order valence-electron chi connectivity index (χ0n) is 15.2. The fourth-order valence-electron chi connectivity index (χ4n) is 2.97. The Morgan fingerprint density at radius 2 is 1.93 bits per heavy atom. The number of anilines is 2.